The number of fused-ring (bicyclic) bond motifs is 4. The van der Waals surface area contributed by atoms with E-state index in [9.17, 15) is 0 Å². The van der Waals surface area contributed by atoms with Gasteiger partial charge in [0.25, 0.3) is 0 Å². The van der Waals surface area contributed by atoms with Crippen LogP contribution in [0.4, 0.5) is 0 Å². The maximum absolute atomic E-state index is 6.22. The summed E-state index contributed by atoms with van der Waals surface area (Å²) in [6.07, 6.45) is 4.05. The third-order valence-corrected chi connectivity index (χ3v) is 5.61. The molecule has 3 atom stereocenters. The topological polar surface area (TPSA) is 28.2 Å². The Labute approximate surface area is 119 Å². The standard InChI is InChI=1S/C16H20N2O2/c1-2-4-13(5-3-1)11-20-18-14-10-17(16(18)12-19-16)9-8-15(14)6-7-15/h1-5,14H,6-12H2/t14-,16?/m0/s1. The number of hydrogen-bond donors (Lipinski definition) is 0. The summed E-state index contributed by atoms with van der Waals surface area (Å²) in [6.45, 7) is 3.73. The minimum atomic E-state index is -0.217. The van der Waals surface area contributed by atoms with Crippen molar-refractivity contribution >= 4 is 0 Å². The number of piperidine rings is 1. The Balaban J connectivity index is 1.39. The van der Waals surface area contributed by atoms with Crippen molar-refractivity contribution in [2.45, 2.75) is 37.8 Å². The molecule has 4 nitrogen and oxygen atoms in total. The van der Waals surface area contributed by atoms with Gasteiger partial charge in [-0.05, 0) is 30.2 Å². The molecular weight excluding hydrogens is 252 g/mol. The largest absolute Gasteiger partial charge is 0.337 e. The van der Waals surface area contributed by atoms with Crippen LogP contribution in [-0.4, -0.2) is 41.6 Å². The second-order valence-corrected chi connectivity index (χ2v) is 6.69. The minimum Gasteiger partial charge on any atom is -0.337 e. The molecule has 3 saturated heterocycles. The Bertz CT molecular complexity index is 525. The van der Waals surface area contributed by atoms with Crippen LogP contribution in [0.25, 0.3) is 0 Å². The number of nitrogens with zero attached hydrogens (tertiary/aromatic N) is 2. The maximum Gasteiger partial charge on any atom is 0.226 e. The van der Waals surface area contributed by atoms with Crippen LogP contribution >= 0.6 is 0 Å². The molecule has 1 saturated carbocycles. The minimum absolute atomic E-state index is 0.217. The summed E-state index contributed by atoms with van der Waals surface area (Å²) in [5.74, 6) is -0.217. The molecule has 0 amide bonds. The first kappa shape index (κ1) is 11.7. The fourth-order valence-electron chi connectivity index (χ4n) is 4.07. The quantitative estimate of drug-likeness (QED) is 0.787. The molecule has 1 aromatic carbocycles. The van der Waals surface area contributed by atoms with E-state index in [1.54, 1.807) is 0 Å². The van der Waals surface area contributed by atoms with E-state index in [-0.39, 0.29) is 5.85 Å². The maximum atomic E-state index is 6.22. The molecule has 106 valence electrons. The normalized spacial score (nSPS) is 40.4. The summed E-state index contributed by atoms with van der Waals surface area (Å²) in [7, 11) is 0. The molecule has 2 bridgehead atoms. The lowest BCUT2D eigenvalue weighted by atomic mass is 9.90. The van der Waals surface area contributed by atoms with E-state index in [1.807, 2.05) is 6.07 Å². The lowest BCUT2D eigenvalue weighted by Crippen LogP contribution is -2.43. The van der Waals surface area contributed by atoms with Crippen molar-refractivity contribution in [3.63, 3.8) is 0 Å². The van der Waals surface area contributed by atoms with E-state index >= 15 is 0 Å². The van der Waals surface area contributed by atoms with Crippen LogP contribution in [-0.2, 0) is 16.2 Å². The van der Waals surface area contributed by atoms with E-state index in [0.29, 0.717) is 18.1 Å². The number of rotatable bonds is 3. The summed E-state index contributed by atoms with van der Waals surface area (Å²) in [6, 6.07) is 10.9. The summed E-state index contributed by atoms with van der Waals surface area (Å²) < 4.78 is 5.82. The third-order valence-electron chi connectivity index (χ3n) is 5.61. The van der Waals surface area contributed by atoms with E-state index in [1.165, 1.54) is 31.4 Å². The van der Waals surface area contributed by atoms with E-state index in [0.717, 1.165) is 13.2 Å². The first-order valence-corrected chi connectivity index (χ1v) is 7.68. The van der Waals surface area contributed by atoms with Crippen molar-refractivity contribution in [1.82, 2.24) is 9.96 Å². The van der Waals surface area contributed by atoms with Crippen LogP contribution in [0, 0.1) is 5.41 Å². The molecule has 2 spiro atoms. The predicted molar refractivity (Wildman–Crippen MR) is 73.4 cm³/mol. The fourth-order valence-corrected chi connectivity index (χ4v) is 4.07. The number of hydrogen-bond acceptors (Lipinski definition) is 4. The molecule has 0 radical (unpaired) electrons. The molecule has 3 aliphatic heterocycles. The van der Waals surface area contributed by atoms with Gasteiger partial charge in [-0.25, -0.2) is 0 Å². The molecule has 0 N–H and O–H groups in total. The highest BCUT2D eigenvalue weighted by Gasteiger charge is 2.71. The molecule has 20 heavy (non-hydrogen) atoms. The van der Waals surface area contributed by atoms with Crippen molar-refractivity contribution in [2.24, 2.45) is 5.41 Å². The van der Waals surface area contributed by atoms with Crippen LogP contribution in [0.2, 0.25) is 0 Å². The zero-order chi connectivity index (χ0) is 13.2. The molecule has 1 aliphatic carbocycles. The monoisotopic (exact) mass is 272 g/mol. The molecule has 1 aromatic rings. The van der Waals surface area contributed by atoms with Gasteiger partial charge in [-0.1, -0.05) is 30.3 Å². The average Bonchev–Trinajstić information content (AvgIpc) is 3.39. The highest BCUT2D eigenvalue weighted by molar-refractivity contribution is 5.16. The summed E-state index contributed by atoms with van der Waals surface area (Å²) >= 11 is 0. The summed E-state index contributed by atoms with van der Waals surface area (Å²) in [5, 5.41) is 2.21. The molecule has 2 unspecified atom stereocenters. The molecular formula is C16H20N2O2. The molecule has 3 heterocycles. The fraction of sp³-hybridized carbons (Fsp3) is 0.625. The van der Waals surface area contributed by atoms with Crippen LogP contribution < -0.4 is 0 Å². The van der Waals surface area contributed by atoms with Crippen molar-refractivity contribution < 1.29 is 9.57 Å². The third kappa shape index (κ3) is 1.51. The predicted octanol–water partition coefficient (Wildman–Crippen LogP) is 1.97. The van der Waals surface area contributed by atoms with Crippen LogP contribution in [0.5, 0.6) is 0 Å². The van der Waals surface area contributed by atoms with Crippen LogP contribution in [0.15, 0.2) is 30.3 Å². The van der Waals surface area contributed by atoms with Gasteiger partial charge in [-0.3, -0.25) is 9.74 Å². The average molecular weight is 272 g/mol. The Morgan fingerprint density at radius 2 is 2.00 bits per heavy atom. The van der Waals surface area contributed by atoms with Crippen LogP contribution in [0.1, 0.15) is 24.8 Å². The Morgan fingerprint density at radius 3 is 2.70 bits per heavy atom. The summed E-state index contributed by atoms with van der Waals surface area (Å²) in [4.78, 5) is 8.70. The second kappa shape index (κ2) is 3.83. The number of hydroxylamine groups is 2. The first-order chi connectivity index (χ1) is 9.82. The SMILES string of the molecule is c1ccc(CON2[C@H]3CN(CCC34CC4)C23CO3)cc1. The van der Waals surface area contributed by atoms with Gasteiger partial charge in [0.05, 0.1) is 12.6 Å². The van der Waals surface area contributed by atoms with E-state index in [4.69, 9.17) is 9.57 Å². The lowest BCUT2D eigenvalue weighted by Gasteiger charge is -2.31. The van der Waals surface area contributed by atoms with Gasteiger partial charge in [-0.15, -0.1) is 5.06 Å². The Kier molecular flexibility index (Phi) is 2.24. The van der Waals surface area contributed by atoms with Gasteiger partial charge in [0.1, 0.15) is 6.61 Å². The number of ether oxygens (including phenoxy) is 1. The van der Waals surface area contributed by atoms with Crippen molar-refractivity contribution in [2.75, 3.05) is 19.7 Å². The van der Waals surface area contributed by atoms with Gasteiger partial charge in [0, 0.05) is 13.1 Å². The first-order valence-electron chi connectivity index (χ1n) is 7.68. The Morgan fingerprint density at radius 1 is 1.20 bits per heavy atom. The molecule has 4 fully saturated rings. The van der Waals surface area contributed by atoms with Gasteiger partial charge in [0.2, 0.25) is 5.85 Å². The van der Waals surface area contributed by atoms with E-state index < -0.39 is 0 Å². The number of benzene rings is 1. The smallest absolute Gasteiger partial charge is 0.226 e. The Hall–Kier alpha value is -0.940. The molecule has 4 heteroatoms. The highest BCUT2D eigenvalue weighted by atomic mass is 16.8. The lowest BCUT2D eigenvalue weighted by molar-refractivity contribution is -0.251. The number of epoxide rings is 1. The zero-order valence-electron chi connectivity index (χ0n) is 11.6. The van der Waals surface area contributed by atoms with Gasteiger partial charge in [-0.2, -0.15) is 0 Å². The van der Waals surface area contributed by atoms with Crippen molar-refractivity contribution in [3.05, 3.63) is 35.9 Å². The summed E-state index contributed by atoms with van der Waals surface area (Å²) in [5.41, 5.74) is 1.76. The molecule has 4 aliphatic rings. The van der Waals surface area contributed by atoms with Crippen molar-refractivity contribution in [3.8, 4) is 0 Å². The van der Waals surface area contributed by atoms with Crippen LogP contribution in [0.3, 0.4) is 0 Å². The highest BCUT2D eigenvalue weighted by Crippen LogP contribution is 2.62. The second-order valence-electron chi connectivity index (χ2n) is 6.69. The zero-order valence-corrected chi connectivity index (χ0v) is 11.6. The van der Waals surface area contributed by atoms with E-state index in [2.05, 4.69) is 34.2 Å². The van der Waals surface area contributed by atoms with Gasteiger partial charge >= 0.3 is 0 Å². The van der Waals surface area contributed by atoms with Crippen molar-refractivity contribution in [1.29, 1.82) is 0 Å². The molecule has 0 aromatic heterocycles. The van der Waals surface area contributed by atoms with Gasteiger partial charge in [0.15, 0.2) is 0 Å². The molecule has 5 rings (SSSR count). The van der Waals surface area contributed by atoms with Gasteiger partial charge < -0.3 is 4.74 Å².